The molecular weight excluding hydrogens is 442 g/mol. The molecule has 1 aliphatic rings. The summed E-state index contributed by atoms with van der Waals surface area (Å²) in [6.45, 7) is 7.77. The van der Waals surface area contributed by atoms with Crippen LogP contribution < -0.4 is 10.9 Å². The molecule has 0 radical (unpaired) electrons. The average Bonchev–Trinajstić information content (AvgIpc) is 3.19. The third kappa shape index (κ3) is 3.96. The Morgan fingerprint density at radius 3 is 2.62 bits per heavy atom. The number of carbonyl (C=O) groups excluding carboxylic acids is 1. The summed E-state index contributed by atoms with van der Waals surface area (Å²) in [5.74, 6) is 0.318. The van der Waals surface area contributed by atoms with Crippen LogP contribution in [0.4, 0.5) is 5.69 Å². The summed E-state index contributed by atoms with van der Waals surface area (Å²) in [6, 6.07) is 13.2. The Hall–Kier alpha value is -3.25. The molecule has 2 aromatic heterocycles. The molecule has 1 N–H and O–H groups in total. The van der Waals surface area contributed by atoms with E-state index in [0.29, 0.717) is 11.2 Å². The van der Waals surface area contributed by atoms with Crippen LogP contribution in [0.2, 0.25) is 0 Å². The van der Waals surface area contributed by atoms with E-state index in [0.717, 1.165) is 64.0 Å². The van der Waals surface area contributed by atoms with Gasteiger partial charge in [0.1, 0.15) is 16.7 Å². The number of amides is 1. The molecule has 174 valence electrons. The van der Waals surface area contributed by atoms with Crippen LogP contribution in [0.5, 0.6) is 0 Å². The van der Waals surface area contributed by atoms with Gasteiger partial charge in [0, 0.05) is 16.1 Å². The van der Waals surface area contributed by atoms with Crippen molar-refractivity contribution in [2.45, 2.75) is 59.4 Å². The molecule has 0 spiro atoms. The molecule has 2 heterocycles. The molecular formula is C28H29N3O2S. The lowest BCUT2D eigenvalue weighted by Gasteiger charge is -2.20. The van der Waals surface area contributed by atoms with Crippen molar-refractivity contribution < 1.29 is 4.79 Å². The minimum absolute atomic E-state index is 0.121. The van der Waals surface area contributed by atoms with Crippen molar-refractivity contribution in [2.75, 3.05) is 5.32 Å². The van der Waals surface area contributed by atoms with Crippen molar-refractivity contribution in [2.24, 2.45) is 0 Å². The topological polar surface area (TPSA) is 64.0 Å². The highest BCUT2D eigenvalue weighted by Gasteiger charge is 2.27. The average molecular weight is 472 g/mol. The van der Waals surface area contributed by atoms with Gasteiger partial charge in [0.15, 0.2) is 0 Å². The van der Waals surface area contributed by atoms with Crippen LogP contribution in [0.3, 0.4) is 0 Å². The van der Waals surface area contributed by atoms with E-state index in [4.69, 9.17) is 4.98 Å². The third-order valence-corrected chi connectivity index (χ3v) is 7.90. The molecule has 0 fully saturated rings. The minimum Gasteiger partial charge on any atom is -0.324 e. The van der Waals surface area contributed by atoms with Gasteiger partial charge in [0.25, 0.3) is 5.56 Å². The van der Waals surface area contributed by atoms with Crippen LogP contribution >= 0.6 is 11.3 Å². The number of fused-ring (bicyclic) bond motifs is 3. The molecule has 1 atom stereocenters. The SMILES string of the molecule is Cc1cccc(-c2nc3sc4c(c3c(=O)n2C(C)C(=O)Nc2cc(C)ccc2C)CCCC4)c1. The van der Waals surface area contributed by atoms with Gasteiger partial charge in [-0.05, 0) is 82.2 Å². The molecule has 1 amide bonds. The van der Waals surface area contributed by atoms with E-state index in [1.807, 2.05) is 63.2 Å². The number of nitrogens with zero attached hydrogens (tertiary/aromatic N) is 2. The Morgan fingerprint density at radius 2 is 1.82 bits per heavy atom. The predicted octanol–water partition coefficient (Wildman–Crippen LogP) is 6.13. The molecule has 2 aromatic carbocycles. The van der Waals surface area contributed by atoms with Gasteiger partial charge in [-0.3, -0.25) is 14.2 Å². The van der Waals surface area contributed by atoms with Crippen molar-refractivity contribution in [3.63, 3.8) is 0 Å². The van der Waals surface area contributed by atoms with Crippen molar-refractivity contribution in [1.82, 2.24) is 9.55 Å². The number of anilines is 1. The van der Waals surface area contributed by atoms with Gasteiger partial charge >= 0.3 is 0 Å². The maximum absolute atomic E-state index is 14.0. The number of hydrogen-bond donors (Lipinski definition) is 1. The Kier molecular flexibility index (Phi) is 5.86. The van der Waals surface area contributed by atoms with Crippen molar-refractivity contribution in [3.8, 4) is 11.4 Å². The number of rotatable bonds is 4. The first-order valence-electron chi connectivity index (χ1n) is 11.9. The first kappa shape index (κ1) is 22.5. The number of aromatic nitrogens is 2. The smallest absolute Gasteiger partial charge is 0.263 e. The lowest BCUT2D eigenvalue weighted by atomic mass is 9.97. The largest absolute Gasteiger partial charge is 0.324 e. The maximum atomic E-state index is 14.0. The van der Waals surface area contributed by atoms with Crippen LogP contribution in [-0.4, -0.2) is 15.5 Å². The molecule has 1 aliphatic carbocycles. The van der Waals surface area contributed by atoms with E-state index < -0.39 is 6.04 Å². The molecule has 4 aromatic rings. The number of hydrogen-bond acceptors (Lipinski definition) is 4. The fraction of sp³-hybridized carbons (Fsp3) is 0.321. The second kappa shape index (κ2) is 8.84. The fourth-order valence-electron chi connectivity index (χ4n) is 4.79. The highest BCUT2D eigenvalue weighted by Crippen LogP contribution is 2.35. The van der Waals surface area contributed by atoms with Crippen LogP contribution in [0.1, 0.15) is 52.9 Å². The zero-order chi connectivity index (χ0) is 24.0. The Bertz CT molecular complexity index is 1480. The summed E-state index contributed by atoms with van der Waals surface area (Å²) >= 11 is 1.64. The minimum atomic E-state index is -0.723. The van der Waals surface area contributed by atoms with E-state index >= 15 is 0 Å². The second-order valence-electron chi connectivity index (χ2n) is 9.35. The molecule has 34 heavy (non-hydrogen) atoms. The van der Waals surface area contributed by atoms with E-state index in [1.54, 1.807) is 22.8 Å². The molecule has 0 saturated heterocycles. The monoisotopic (exact) mass is 471 g/mol. The molecule has 5 nitrogen and oxygen atoms in total. The van der Waals surface area contributed by atoms with Crippen molar-refractivity contribution in [1.29, 1.82) is 0 Å². The zero-order valence-corrected chi connectivity index (χ0v) is 20.9. The van der Waals surface area contributed by atoms with Crippen molar-refractivity contribution >= 4 is 33.1 Å². The Balaban J connectivity index is 1.68. The summed E-state index contributed by atoms with van der Waals surface area (Å²) in [5.41, 5.74) is 5.76. The summed E-state index contributed by atoms with van der Waals surface area (Å²) in [5, 5.41) is 3.74. The second-order valence-corrected chi connectivity index (χ2v) is 10.4. The van der Waals surface area contributed by atoms with Gasteiger partial charge in [0.05, 0.1) is 5.39 Å². The van der Waals surface area contributed by atoms with Crippen molar-refractivity contribution in [3.05, 3.63) is 79.9 Å². The number of nitrogens with one attached hydrogen (secondary N) is 1. The van der Waals surface area contributed by atoms with Gasteiger partial charge in [-0.1, -0.05) is 35.9 Å². The Morgan fingerprint density at radius 1 is 1.06 bits per heavy atom. The van der Waals surface area contributed by atoms with Crippen LogP contribution in [-0.2, 0) is 17.6 Å². The van der Waals surface area contributed by atoms with E-state index in [2.05, 4.69) is 5.32 Å². The number of benzene rings is 2. The first-order valence-corrected chi connectivity index (χ1v) is 12.7. The third-order valence-electron chi connectivity index (χ3n) is 6.71. The Labute approximate surface area is 203 Å². The molecule has 1 unspecified atom stereocenters. The lowest BCUT2D eigenvalue weighted by Crippen LogP contribution is -2.33. The van der Waals surface area contributed by atoms with Crippen LogP contribution in [0, 0.1) is 20.8 Å². The summed E-state index contributed by atoms with van der Waals surface area (Å²) < 4.78 is 1.60. The maximum Gasteiger partial charge on any atom is 0.263 e. The highest BCUT2D eigenvalue weighted by molar-refractivity contribution is 7.18. The number of aryl methyl sites for hydroxylation is 5. The number of carbonyl (C=O) groups is 1. The lowest BCUT2D eigenvalue weighted by molar-refractivity contribution is -0.118. The predicted molar refractivity (Wildman–Crippen MR) is 140 cm³/mol. The normalized spacial score (nSPS) is 14.1. The molecule has 0 bridgehead atoms. The van der Waals surface area contributed by atoms with Gasteiger partial charge in [-0.2, -0.15) is 0 Å². The zero-order valence-electron chi connectivity index (χ0n) is 20.1. The molecule has 0 aliphatic heterocycles. The van der Waals surface area contributed by atoms with Gasteiger partial charge < -0.3 is 5.32 Å². The van der Waals surface area contributed by atoms with E-state index in [-0.39, 0.29) is 11.5 Å². The number of thiophene rings is 1. The van der Waals surface area contributed by atoms with Gasteiger partial charge in [0.2, 0.25) is 5.91 Å². The van der Waals surface area contributed by atoms with Crippen LogP contribution in [0.25, 0.3) is 21.6 Å². The highest BCUT2D eigenvalue weighted by atomic mass is 32.1. The molecule has 6 heteroatoms. The van der Waals surface area contributed by atoms with Gasteiger partial charge in [-0.25, -0.2) is 4.98 Å². The van der Waals surface area contributed by atoms with Gasteiger partial charge in [-0.15, -0.1) is 11.3 Å². The van der Waals surface area contributed by atoms with Crippen LogP contribution in [0.15, 0.2) is 47.3 Å². The standard InChI is InChI=1S/C28H29N3O2S/c1-16-8-7-9-20(14-16)25-30-27-24(21-10-5-6-11-23(21)34-27)28(33)31(25)19(4)26(32)29-22-15-17(2)12-13-18(22)3/h7-9,12-15,19H,5-6,10-11H2,1-4H3,(H,29,32). The van der Waals surface area contributed by atoms with E-state index in [1.165, 1.54) is 4.88 Å². The molecule has 5 rings (SSSR count). The summed E-state index contributed by atoms with van der Waals surface area (Å²) in [6.07, 6.45) is 4.13. The summed E-state index contributed by atoms with van der Waals surface area (Å²) in [7, 11) is 0. The fourth-order valence-corrected chi connectivity index (χ4v) is 6.04. The quantitative estimate of drug-likeness (QED) is 0.389. The first-order chi connectivity index (χ1) is 16.3. The summed E-state index contributed by atoms with van der Waals surface area (Å²) in [4.78, 5) is 34.5. The molecule has 0 saturated carbocycles. The van der Waals surface area contributed by atoms with E-state index in [9.17, 15) is 9.59 Å².